The molecule has 3 aliphatic heterocycles. The number of nitrogens with zero attached hydrogens (tertiary/aromatic N) is 5. The Balaban J connectivity index is 1.18. The highest BCUT2D eigenvalue weighted by Gasteiger charge is 2.66. The van der Waals surface area contributed by atoms with Gasteiger partial charge in [-0.15, -0.1) is 11.3 Å². The van der Waals surface area contributed by atoms with E-state index in [2.05, 4.69) is 20.5 Å². The number of ketones is 1. The molecule has 3 saturated heterocycles. The van der Waals surface area contributed by atoms with Gasteiger partial charge in [0, 0.05) is 30.6 Å². The summed E-state index contributed by atoms with van der Waals surface area (Å²) in [4.78, 5) is 103. The van der Waals surface area contributed by atoms with Crippen LogP contribution in [-0.4, -0.2) is 122 Å². The predicted octanol–water partition coefficient (Wildman–Crippen LogP) is -0.0841. The Morgan fingerprint density at radius 3 is 2.51 bits per heavy atom. The van der Waals surface area contributed by atoms with E-state index in [0.717, 1.165) is 51.3 Å². The minimum Gasteiger partial charge on any atom is -0.504 e. The lowest BCUT2D eigenvalue weighted by Gasteiger charge is -2.40. The number of phenols is 2. The number of carbonyl (C=O) groups is 6. The average Bonchev–Trinajstić information content (AvgIpc) is 3.77. The number of anilines is 1. The van der Waals surface area contributed by atoms with Crippen molar-refractivity contribution in [1.29, 1.82) is 0 Å². The quantitative estimate of drug-likeness (QED) is 0.0584. The number of thiazole rings is 1. The van der Waals surface area contributed by atoms with Crippen molar-refractivity contribution in [3.05, 3.63) is 45.2 Å². The van der Waals surface area contributed by atoms with Crippen molar-refractivity contribution in [3.63, 3.8) is 0 Å². The van der Waals surface area contributed by atoms with Crippen molar-refractivity contribution >= 4 is 80.4 Å². The first kappa shape index (κ1) is 34.9. The van der Waals surface area contributed by atoms with Crippen LogP contribution in [-0.2, 0) is 24.0 Å². The lowest BCUT2D eigenvalue weighted by molar-refractivity contribution is -0.161. The monoisotopic (exact) mass is 744 g/mol. The second-order valence-corrected chi connectivity index (χ2v) is 14.4. The van der Waals surface area contributed by atoms with E-state index in [1.54, 1.807) is 0 Å². The number of benzene rings is 1. The smallest absolute Gasteiger partial charge is 0.350 e. The second kappa shape index (κ2) is 12.5. The number of hydrogen-bond donors (Lipinski definition) is 7. The third-order valence-corrected chi connectivity index (χ3v) is 10.9. The molecular formula is C29H28N8O12S2. The number of nitrogens with one attached hydrogen (secondary N) is 2. The van der Waals surface area contributed by atoms with E-state index >= 15 is 0 Å². The van der Waals surface area contributed by atoms with Crippen LogP contribution in [0.4, 0.5) is 9.93 Å². The molecule has 3 aliphatic rings. The van der Waals surface area contributed by atoms with E-state index in [0.29, 0.717) is 0 Å². The molecule has 0 aliphatic carbocycles. The van der Waals surface area contributed by atoms with Gasteiger partial charge in [-0.25, -0.2) is 24.4 Å². The molecule has 4 amide bonds. The van der Waals surface area contributed by atoms with Gasteiger partial charge in [0.05, 0.1) is 35.3 Å². The van der Waals surface area contributed by atoms with Gasteiger partial charge in [0.15, 0.2) is 28.1 Å². The average molecular weight is 745 g/mol. The predicted molar refractivity (Wildman–Crippen MR) is 177 cm³/mol. The number of fused-ring (bicyclic) bond motifs is 2. The number of β-lactam (4-membered cyclic amide) rings is 1. The van der Waals surface area contributed by atoms with Crippen molar-refractivity contribution in [1.82, 2.24) is 30.2 Å². The number of amides is 4. The van der Waals surface area contributed by atoms with Gasteiger partial charge in [-0.1, -0.05) is 16.9 Å². The fraction of sp³-hybridized carbons (Fsp3) is 0.345. The van der Waals surface area contributed by atoms with Crippen LogP contribution in [0.3, 0.4) is 0 Å². The number of Topliss-reactive ketones (excluding diaryl/α,β-unsaturated/α-hetero) is 1. The molecule has 0 radical (unpaired) electrons. The zero-order valence-electron chi connectivity index (χ0n) is 26.5. The summed E-state index contributed by atoms with van der Waals surface area (Å²) in [7, 11) is 0. The molecule has 51 heavy (non-hydrogen) atoms. The number of phenolic OH excluding ortho intramolecular Hbond substituents is 2. The van der Waals surface area contributed by atoms with E-state index in [4.69, 9.17) is 10.6 Å². The summed E-state index contributed by atoms with van der Waals surface area (Å²) < 4.78 is 0. The number of carbonyl (C=O) groups excluding carboxylic acids is 4. The highest BCUT2D eigenvalue weighted by molar-refractivity contribution is 8.02. The van der Waals surface area contributed by atoms with Gasteiger partial charge in [0.1, 0.15) is 11.3 Å². The van der Waals surface area contributed by atoms with Gasteiger partial charge in [0.2, 0.25) is 21.8 Å². The number of nitrogen functional groups attached to an aromatic ring is 1. The van der Waals surface area contributed by atoms with Crippen LogP contribution in [0.2, 0.25) is 0 Å². The number of hydrazine groups is 1. The molecule has 1 aromatic carbocycles. The van der Waals surface area contributed by atoms with Gasteiger partial charge in [0.25, 0.3) is 5.91 Å². The molecular weight excluding hydrogens is 716 g/mol. The number of urea groups is 1. The molecule has 22 heteroatoms. The summed E-state index contributed by atoms with van der Waals surface area (Å²) in [5, 5.41) is 44.4. The van der Waals surface area contributed by atoms with Crippen molar-refractivity contribution in [3.8, 4) is 11.5 Å². The first-order valence-corrected chi connectivity index (χ1v) is 16.6. The number of nitrogens with two attached hydrogens (primary N) is 1. The van der Waals surface area contributed by atoms with Crippen molar-refractivity contribution in [2.75, 3.05) is 25.4 Å². The number of aromatic nitrogens is 2. The number of aromatic hydroxyl groups is 2. The van der Waals surface area contributed by atoms with Gasteiger partial charge in [-0.05, 0) is 19.9 Å². The van der Waals surface area contributed by atoms with Crippen molar-refractivity contribution in [2.45, 2.75) is 36.1 Å². The maximum absolute atomic E-state index is 13.5. The zero-order valence-corrected chi connectivity index (χ0v) is 28.1. The molecule has 5 heterocycles. The summed E-state index contributed by atoms with van der Waals surface area (Å²) in [6, 6.07) is 1.13. The third kappa shape index (κ3) is 5.90. The Bertz CT molecular complexity index is 2130. The molecule has 6 rings (SSSR count). The molecule has 3 fully saturated rings. The summed E-state index contributed by atoms with van der Waals surface area (Å²) in [5.74, 6) is -7.30. The number of thioether (sulfide) groups is 1. The van der Waals surface area contributed by atoms with Gasteiger partial charge < -0.3 is 40.9 Å². The van der Waals surface area contributed by atoms with E-state index in [1.165, 1.54) is 24.1 Å². The fourth-order valence-electron chi connectivity index (χ4n) is 5.65. The Kier molecular flexibility index (Phi) is 8.53. The zero-order chi connectivity index (χ0) is 37.2. The van der Waals surface area contributed by atoms with E-state index in [1.807, 2.05) is 0 Å². The first-order valence-electron chi connectivity index (χ1n) is 14.9. The number of rotatable bonds is 11. The summed E-state index contributed by atoms with van der Waals surface area (Å²) in [6.45, 7) is 1.59. The lowest BCUT2D eigenvalue weighted by Crippen LogP contribution is -2.60. The summed E-state index contributed by atoms with van der Waals surface area (Å²) in [5.41, 5.74) is 4.64. The number of H-pyrrole nitrogens is 1. The standard InChI is InChI=1S/C29H28N8O12S2/c1-28(2,24(44)45)49-34-19(15-9-50-26(30)32-15)18(40)6-12-22(43)35-10-29(25(46)47,51-23(12)35)36-3-4-37(27(36)48)33-21(42)13-8-31-14-7-17(39)16(38)5-11(14)20(13)41/h5,7-9,12,23,38-39H,3-4,6,10H2,1-2H3,(H2,30,32)(H,31,41)(H,33,42)(H,44,45)(H,46,47)/b34-19-/t12?,23-,29-/m1/s1. The van der Waals surface area contributed by atoms with E-state index < -0.39 is 98.5 Å². The number of pyridine rings is 1. The molecule has 20 nitrogen and oxygen atoms in total. The third-order valence-electron chi connectivity index (χ3n) is 8.50. The molecule has 268 valence electrons. The van der Waals surface area contributed by atoms with Crippen LogP contribution in [0.25, 0.3) is 10.9 Å². The van der Waals surface area contributed by atoms with E-state index in [-0.39, 0.29) is 34.8 Å². The molecule has 8 N–H and O–H groups in total. The fourth-order valence-corrected chi connectivity index (χ4v) is 7.89. The maximum atomic E-state index is 13.5. The Morgan fingerprint density at radius 1 is 1.16 bits per heavy atom. The normalized spacial score (nSPS) is 21.8. The largest absolute Gasteiger partial charge is 0.504 e. The Morgan fingerprint density at radius 2 is 1.86 bits per heavy atom. The van der Waals surface area contributed by atoms with Crippen LogP contribution < -0.4 is 16.6 Å². The molecule has 0 saturated carbocycles. The molecule has 0 spiro atoms. The highest BCUT2D eigenvalue weighted by atomic mass is 32.2. The van der Waals surface area contributed by atoms with Crippen molar-refractivity contribution in [2.24, 2.45) is 11.1 Å². The SMILES string of the molecule is CC(C)(O/N=C(\C(=O)CC1C(=O)N2C[C@@](C(=O)O)(N3CCN(NC(=O)c4c[nH]c5cc(O)c(O)cc5c4=O)C3=O)S[C@H]12)c1csc(N)n1)C(=O)O. The number of carboxylic acids is 2. The first-order chi connectivity index (χ1) is 23.9. The van der Waals surface area contributed by atoms with Gasteiger partial charge >= 0.3 is 18.0 Å². The highest BCUT2D eigenvalue weighted by Crippen LogP contribution is 2.52. The van der Waals surface area contributed by atoms with Gasteiger partial charge in [-0.2, -0.15) is 0 Å². The van der Waals surface area contributed by atoms with Crippen LogP contribution in [0, 0.1) is 5.92 Å². The van der Waals surface area contributed by atoms with Crippen molar-refractivity contribution < 1.29 is 54.0 Å². The van der Waals surface area contributed by atoms with Gasteiger partial charge in [-0.3, -0.25) is 29.5 Å². The molecule has 1 unspecified atom stereocenters. The Hall–Kier alpha value is -5.90. The Labute approximate surface area is 293 Å². The molecule has 0 bridgehead atoms. The molecule has 3 aromatic rings. The van der Waals surface area contributed by atoms with Crippen LogP contribution >= 0.6 is 23.1 Å². The summed E-state index contributed by atoms with van der Waals surface area (Å²) >= 11 is 1.75. The van der Waals surface area contributed by atoms with Crippen LogP contribution in [0.1, 0.15) is 36.3 Å². The minimum atomic E-state index is -2.01. The number of aliphatic carboxylic acids is 2. The number of hydrogen-bond acceptors (Lipinski definition) is 15. The van der Waals surface area contributed by atoms with Crippen LogP contribution in [0.5, 0.6) is 11.5 Å². The number of aromatic amines is 1. The van der Waals surface area contributed by atoms with Crippen LogP contribution in [0.15, 0.2) is 33.7 Å². The maximum Gasteiger partial charge on any atom is 0.350 e. The minimum absolute atomic E-state index is 0.0146. The number of carboxylic acid groups (broad SMARTS) is 2. The summed E-state index contributed by atoms with van der Waals surface area (Å²) in [6.07, 6.45) is 0.570. The van der Waals surface area contributed by atoms with E-state index in [9.17, 15) is 54.0 Å². The lowest BCUT2D eigenvalue weighted by atomic mass is 9.90. The number of oxime groups is 1. The molecule has 2 aromatic heterocycles. The topological polar surface area (TPSA) is 298 Å². The second-order valence-electron chi connectivity index (χ2n) is 12.2. The molecule has 3 atom stereocenters.